The Labute approximate surface area is 66.3 Å². The topological polar surface area (TPSA) is 55.6 Å². The van der Waals surface area contributed by atoms with E-state index in [0.717, 1.165) is 12.8 Å². The molecule has 1 aliphatic carbocycles. The summed E-state index contributed by atoms with van der Waals surface area (Å²) < 4.78 is 5.12. The molecule has 11 heavy (non-hydrogen) atoms. The van der Waals surface area contributed by atoms with E-state index in [2.05, 4.69) is 0 Å². The summed E-state index contributed by atoms with van der Waals surface area (Å²) in [6, 6.07) is 0. The lowest BCUT2D eigenvalue weighted by Crippen LogP contribution is -2.33. The van der Waals surface area contributed by atoms with E-state index in [4.69, 9.17) is 10.5 Å². The van der Waals surface area contributed by atoms with Crippen LogP contribution in [0.5, 0.6) is 0 Å². The lowest BCUT2D eigenvalue weighted by molar-refractivity contribution is 0.0652. The number of hydrogen-bond donors (Lipinski definition) is 1. The number of carbonyl (C=O) groups is 1. The summed E-state index contributed by atoms with van der Waals surface area (Å²) >= 11 is 0. The van der Waals surface area contributed by atoms with Gasteiger partial charge in [-0.25, -0.2) is 4.79 Å². The average molecular weight is 158 g/mol. The van der Waals surface area contributed by atoms with Crippen LogP contribution < -0.4 is 5.73 Å². The van der Waals surface area contributed by atoms with Crippen LogP contribution in [0.2, 0.25) is 0 Å². The smallest absolute Gasteiger partial charge is 0.409 e. The summed E-state index contributed by atoms with van der Waals surface area (Å²) in [5, 5.41) is 0. The zero-order chi connectivity index (χ0) is 8.48. The highest BCUT2D eigenvalue weighted by Gasteiger charge is 2.45. The third-order valence-corrected chi connectivity index (χ3v) is 1.85. The molecule has 1 aliphatic rings. The van der Waals surface area contributed by atoms with Crippen molar-refractivity contribution in [3.05, 3.63) is 0 Å². The van der Waals surface area contributed by atoms with E-state index in [0.29, 0.717) is 6.54 Å². The zero-order valence-corrected chi connectivity index (χ0v) is 6.96. The maximum absolute atomic E-state index is 11.0. The normalized spacial score (nSPS) is 19.2. The van der Waals surface area contributed by atoms with E-state index in [9.17, 15) is 4.79 Å². The van der Waals surface area contributed by atoms with Gasteiger partial charge in [-0.1, -0.05) is 0 Å². The molecule has 4 heteroatoms. The van der Waals surface area contributed by atoms with Gasteiger partial charge in [0.05, 0.1) is 0 Å². The molecule has 0 spiro atoms. The highest BCUT2D eigenvalue weighted by Crippen LogP contribution is 2.38. The summed E-state index contributed by atoms with van der Waals surface area (Å²) in [6.45, 7) is 0.437. The molecule has 0 atom stereocenters. The molecule has 0 aliphatic heterocycles. The molecule has 1 amide bonds. The SMILES string of the molecule is CN(C)C(=O)OC1(CN)CC1. The average Bonchev–Trinajstić information content (AvgIpc) is 2.69. The number of nitrogens with two attached hydrogens (primary N) is 1. The Morgan fingerprint density at radius 2 is 2.18 bits per heavy atom. The monoisotopic (exact) mass is 158 g/mol. The van der Waals surface area contributed by atoms with Crippen LogP contribution in [-0.4, -0.2) is 37.2 Å². The lowest BCUT2D eigenvalue weighted by Gasteiger charge is -2.17. The molecule has 0 unspecified atom stereocenters. The highest BCUT2D eigenvalue weighted by molar-refractivity contribution is 5.67. The van der Waals surface area contributed by atoms with Crippen molar-refractivity contribution in [1.29, 1.82) is 0 Å². The number of nitrogens with zero attached hydrogens (tertiary/aromatic N) is 1. The molecule has 0 saturated heterocycles. The Morgan fingerprint density at radius 1 is 1.64 bits per heavy atom. The standard InChI is InChI=1S/C7H14N2O2/c1-9(2)6(10)11-7(5-8)3-4-7/h3-5,8H2,1-2H3. The van der Waals surface area contributed by atoms with E-state index in [1.807, 2.05) is 0 Å². The first-order chi connectivity index (χ1) is 5.09. The van der Waals surface area contributed by atoms with Crippen molar-refractivity contribution in [3.8, 4) is 0 Å². The Morgan fingerprint density at radius 3 is 2.45 bits per heavy atom. The third kappa shape index (κ3) is 1.83. The minimum atomic E-state index is -0.318. The Balaban J connectivity index is 2.36. The summed E-state index contributed by atoms with van der Waals surface area (Å²) in [5.41, 5.74) is 5.10. The van der Waals surface area contributed by atoms with Crippen LogP contribution in [0.1, 0.15) is 12.8 Å². The van der Waals surface area contributed by atoms with Crippen molar-refractivity contribution in [2.24, 2.45) is 5.73 Å². The van der Waals surface area contributed by atoms with Crippen LogP contribution in [0, 0.1) is 0 Å². The summed E-state index contributed by atoms with van der Waals surface area (Å²) in [6.07, 6.45) is 1.51. The van der Waals surface area contributed by atoms with E-state index < -0.39 is 0 Å². The second kappa shape index (κ2) is 2.70. The Kier molecular flexibility index (Phi) is 2.04. The minimum Gasteiger partial charge on any atom is -0.441 e. The molecular weight excluding hydrogens is 144 g/mol. The number of hydrogen-bond acceptors (Lipinski definition) is 3. The summed E-state index contributed by atoms with van der Waals surface area (Å²) in [4.78, 5) is 12.4. The van der Waals surface area contributed by atoms with E-state index in [1.54, 1.807) is 14.1 Å². The fourth-order valence-corrected chi connectivity index (χ4v) is 0.764. The molecule has 0 aromatic carbocycles. The second-order valence-corrected chi connectivity index (χ2v) is 3.15. The van der Waals surface area contributed by atoms with Crippen molar-refractivity contribution in [1.82, 2.24) is 4.90 Å². The quantitative estimate of drug-likeness (QED) is 0.623. The van der Waals surface area contributed by atoms with Crippen molar-refractivity contribution < 1.29 is 9.53 Å². The van der Waals surface area contributed by atoms with E-state index >= 15 is 0 Å². The van der Waals surface area contributed by atoms with Gasteiger partial charge in [0.25, 0.3) is 0 Å². The number of amides is 1. The zero-order valence-electron chi connectivity index (χ0n) is 6.96. The van der Waals surface area contributed by atoms with Gasteiger partial charge in [0.2, 0.25) is 0 Å². The summed E-state index contributed by atoms with van der Waals surface area (Å²) in [7, 11) is 3.32. The van der Waals surface area contributed by atoms with E-state index in [1.165, 1.54) is 4.90 Å². The van der Waals surface area contributed by atoms with Gasteiger partial charge in [-0.2, -0.15) is 0 Å². The maximum atomic E-state index is 11.0. The van der Waals surface area contributed by atoms with Crippen LogP contribution >= 0.6 is 0 Å². The molecule has 0 heterocycles. The molecule has 0 aromatic rings. The van der Waals surface area contributed by atoms with Crippen molar-refractivity contribution in [3.63, 3.8) is 0 Å². The summed E-state index contributed by atoms with van der Waals surface area (Å²) in [5.74, 6) is 0. The fourth-order valence-electron chi connectivity index (χ4n) is 0.764. The molecule has 4 nitrogen and oxygen atoms in total. The molecule has 2 N–H and O–H groups in total. The van der Waals surface area contributed by atoms with E-state index in [-0.39, 0.29) is 11.7 Å². The van der Waals surface area contributed by atoms with Gasteiger partial charge in [0.1, 0.15) is 5.60 Å². The largest absolute Gasteiger partial charge is 0.441 e. The van der Waals surface area contributed by atoms with Crippen LogP contribution in [0.4, 0.5) is 4.79 Å². The van der Waals surface area contributed by atoms with Crippen LogP contribution in [-0.2, 0) is 4.74 Å². The van der Waals surface area contributed by atoms with Gasteiger partial charge >= 0.3 is 6.09 Å². The molecule has 0 aromatic heterocycles. The second-order valence-electron chi connectivity index (χ2n) is 3.15. The van der Waals surface area contributed by atoms with Gasteiger partial charge in [-0.15, -0.1) is 0 Å². The van der Waals surface area contributed by atoms with Gasteiger partial charge in [0, 0.05) is 20.6 Å². The number of rotatable bonds is 2. The van der Waals surface area contributed by atoms with Crippen LogP contribution in [0.25, 0.3) is 0 Å². The molecule has 0 radical (unpaired) electrons. The first-order valence-corrected chi connectivity index (χ1v) is 3.70. The third-order valence-electron chi connectivity index (χ3n) is 1.85. The Hall–Kier alpha value is -0.770. The van der Waals surface area contributed by atoms with Gasteiger partial charge < -0.3 is 15.4 Å². The van der Waals surface area contributed by atoms with Crippen LogP contribution in [0.3, 0.4) is 0 Å². The van der Waals surface area contributed by atoms with Gasteiger partial charge in [-0.05, 0) is 12.8 Å². The predicted molar refractivity (Wildman–Crippen MR) is 41.2 cm³/mol. The van der Waals surface area contributed by atoms with Gasteiger partial charge in [-0.3, -0.25) is 0 Å². The molecule has 0 bridgehead atoms. The Bertz CT molecular complexity index is 164. The minimum absolute atomic E-state index is 0.298. The van der Waals surface area contributed by atoms with Crippen molar-refractivity contribution in [2.45, 2.75) is 18.4 Å². The fraction of sp³-hybridized carbons (Fsp3) is 0.857. The number of carbonyl (C=O) groups excluding carboxylic acids is 1. The predicted octanol–water partition coefficient (Wildman–Crippen LogP) is 0.176. The molecular formula is C7H14N2O2. The highest BCUT2D eigenvalue weighted by atomic mass is 16.6. The first-order valence-electron chi connectivity index (χ1n) is 3.70. The molecule has 1 fully saturated rings. The van der Waals surface area contributed by atoms with Crippen LogP contribution in [0.15, 0.2) is 0 Å². The van der Waals surface area contributed by atoms with Crippen molar-refractivity contribution in [2.75, 3.05) is 20.6 Å². The molecule has 64 valence electrons. The lowest BCUT2D eigenvalue weighted by atomic mass is 10.3. The number of ether oxygens (including phenoxy) is 1. The first kappa shape index (κ1) is 8.33. The van der Waals surface area contributed by atoms with Crippen molar-refractivity contribution >= 4 is 6.09 Å². The maximum Gasteiger partial charge on any atom is 0.409 e. The van der Waals surface area contributed by atoms with Gasteiger partial charge in [0.15, 0.2) is 0 Å². The molecule has 1 rings (SSSR count). The molecule has 1 saturated carbocycles.